The van der Waals surface area contributed by atoms with Crippen LogP contribution in [0, 0.1) is 0 Å². The van der Waals surface area contributed by atoms with E-state index in [0.717, 1.165) is 55.3 Å². The molecule has 0 bridgehead atoms. The van der Waals surface area contributed by atoms with Crippen LogP contribution >= 0.6 is 0 Å². The molecule has 190 valence electrons. The Labute approximate surface area is 217 Å². The number of ether oxygens (including phenoxy) is 2. The third-order valence-electron chi connectivity index (χ3n) is 7.68. The number of carbonyl (C=O) groups is 2. The number of likely N-dealkylation sites (tertiary alicyclic amines) is 1. The predicted molar refractivity (Wildman–Crippen MR) is 139 cm³/mol. The highest BCUT2D eigenvalue weighted by molar-refractivity contribution is 6.05. The Hall–Kier alpha value is -3.68. The van der Waals surface area contributed by atoms with Gasteiger partial charge in [-0.05, 0) is 28.8 Å². The van der Waals surface area contributed by atoms with Crippen LogP contribution in [0.4, 0.5) is 0 Å². The monoisotopic (exact) mass is 497 g/mol. The maximum Gasteiger partial charge on any atom is 0.247 e. The highest BCUT2D eigenvalue weighted by atomic mass is 16.7. The Balaban J connectivity index is 1.10. The van der Waals surface area contributed by atoms with Crippen molar-refractivity contribution in [3.63, 3.8) is 0 Å². The molecule has 0 saturated carbocycles. The van der Waals surface area contributed by atoms with Crippen LogP contribution in [0.1, 0.15) is 29.0 Å². The van der Waals surface area contributed by atoms with Gasteiger partial charge >= 0.3 is 0 Å². The van der Waals surface area contributed by atoms with Crippen LogP contribution in [-0.4, -0.2) is 72.1 Å². The first-order valence-electron chi connectivity index (χ1n) is 12.9. The fraction of sp³-hybridized carbons (Fsp3) is 0.333. The Bertz CT molecular complexity index is 1220. The molecule has 0 aromatic heterocycles. The summed E-state index contributed by atoms with van der Waals surface area (Å²) in [5, 5.41) is 0. The normalized spacial score (nSPS) is 20.2. The van der Waals surface area contributed by atoms with Crippen molar-refractivity contribution < 1.29 is 19.1 Å². The quantitative estimate of drug-likeness (QED) is 0.466. The standard InChI is InChI=1S/C30H31N3O4/c34-29-18-26(32-15-13-31(14-16-32)19-22-11-12-27-28(17-22)37-21-36-27)30(35)33(29)20-25(23-7-3-1-4-8-23)24-9-5-2-6-10-24/h1-12,17,25-26H,13-16,18-21H2. The minimum atomic E-state index is -0.368. The van der Waals surface area contributed by atoms with Crippen LogP contribution in [0.2, 0.25) is 0 Å². The summed E-state index contributed by atoms with van der Waals surface area (Å²) in [5.74, 6) is 1.41. The molecule has 0 N–H and O–H groups in total. The van der Waals surface area contributed by atoms with Crippen molar-refractivity contribution >= 4 is 11.8 Å². The Morgan fingerprint density at radius 2 is 1.43 bits per heavy atom. The molecule has 0 aliphatic carbocycles. The predicted octanol–water partition coefficient (Wildman–Crippen LogP) is 3.49. The van der Waals surface area contributed by atoms with E-state index < -0.39 is 0 Å². The van der Waals surface area contributed by atoms with E-state index in [0.29, 0.717) is 6.54 Å². The number of nitrogens with zero attached hydrogens (tertiary/aromatic N) is 3. The summed E-state index contributed by atoms with van der Waals surface area (Å²) in [7, 11) is 0. The lowest BCUT2D eigenvalue weighted by Crippen LogP contribution is -2.52. The van der Waals surface area contributed by atoms with Gasteiger partial charge in [-0.25, -0.2) is 0 Å². The van der Waals surface area contributed by atoms with Gasteiger partial charge in [-0.2, -0.15) is 0 Å². The Morgan fingerprint density at radius 1 is 0.784 bits per heavy atom. The highest BCUT2D eigenvalue weighted by Crippen LogP contribution is 2.33. The number of imide groups is 1. The summed E-state index contributed by atoms with van der Waals surface area (Å²) >= 11 is 0. The van der Waals surface area contributed by atoms with Gasteiger partial charge in [0.05, 0.1) is 12.5 Å². The lowest BCUT2D eigenvalue weighted by atomic mass is 9.91. The first kappa shape index (κ1) is 23.7. The Kier molecular flexibility index (Phi) is 6.64. The second-order valence-electron chi connectivity index (χ2n) is 9.94. The van der Waals surface area contributed by atoms with Gasteiger partial charge in [0.25, 0.3) is 0 Å². The lowest BCUT2D eigenvalue weighted by Gasteiger charge is -2.37. The van der Waals surface area contributed by atoms with Crippen LogP contribution in [0.3, 0.4) is 0 Å². The van der Waals surface area contributed by atoms with Crippen LogP contribution in [0.15, 0.2) is 78.9 Å². The van der Waals surface area contributed by atoms with Gasteiger partial charge in [-0.1, -0.05) is 66.7 Å². The molecular weight excluding hydrogens is 466 g/mol. The average Bonchev–Trinajstić information content (AvgIpc) is 3.52. The number of carbonyl (C=O) groups excluding carboxylic acids is 2. The molecule has 3 aromatic rings. The van der Waals surface area contributed by atoms with Gasteiger partial charge < -0.3 is 9.47 Å². The molecule has 1 unspecified atom stereocenters. The second-order valence-corrected chi connectivity index (χ2v) is 9.94. The van der Waals surface area contributed by atoms with Crippen LogP contribution in [0.5, 0.6) is 11.5 Å². The number of rotatable bonds is 7. The first-order chi connectivity index (χ1) is 18.2. The topological polar surface area (TPSA) is 62.3 Å². The van der Waals surface area contributed by atoms with E-state index in [1.807, 2.05) is 48.5 Å². The summed E-state index contributed by atoms with van der Waals surface area (Å²) in [6, 6.07) is 26.0. The van der Waals surface area contributed by atoms with Crippen molar-refractivity contribution in [2.24, 2.45) is 0 Å². The lowest BCUT2D eigenvalue weighted by molar-refractivity contribution is -0.140. The molecule has 3 aromatic carbocycles. The van der Waals surface area contributed by atoms with E-state index in [1.165, 1.54) is 10.5 Å². The molecule has 37 heavy (non-hydrogen) atoms. The SMILES string of the molecule is O=C1CC(N2CCN(Cc3ccc4c(c3)OCO4)CC2)C(=O)N1CC(c1ccccc1)c1ccccc1. The number of piperazine rings is 1. The summed E-state index contributed by atoms with van der Waals surface area (Å²) < 4.78 is 10.9. The van der Waals surface area contributed by atoms with E-state index in [-0.39, 0.29) is 37.0 Å². The van der Waals surface area contributed by atoms with Gasteiger partial charge in [-0.15, -0.1) is 0 Å². The second kappa shape index (κ2) is 10.4. The van der Waals surface area contributed by atoms with Crippen molar-refractivity contribution in [2.45, 2.75) is 24.9 Å². The molecule has 2 amide bonds. The molecule has 7 nitrogen and oxygen atoms in total. The molecule has 2 fully saturated rings. The summed E-state index contributed by atoms with van der Waals surface area (Å²) in [6.07, 6.45) is 0.261. The molecule has 3 aliphatic heterocycles. The van der Waals surface area contributed by atoms with Gasteiger partial charge in [0.1, 0.15) is 0 Å². The van der Waals surface area contributed by atoms with Crippen molar-refractivity contribution in [3.8, 4) is 11.5 Å². The van der Waals surface area contributed by atoms with Crippen molar-refractivity contribution in [1.29, 1.82) is 0 Å². The summed E-state index contributed by atoms with van der Waals surface area (Å²) in [5.41, 5.74) is 3.40. The summed E-state index contributed by atoms with van der Waals surface area (Å²) in [6.45, 7) is 4.70. The molecule has 7 heteroatoms. The molecule has 3 heterocycles. The fourth-order valence-corrected chi connectivity index (χ4v) is 5.63. The van der Waals surface area contributed by atoms with Crippen molar-refractivity contribution in [3.05, 3.63) is 95.6 Å². The van der Waals surface area contributed by atoms with Gasteiger partial charge in [-0.3, -0.25) is 24.3 Å². The molecular formula is C30H31N3O4. The summed E-state index contributed by atoms with van der Waals surface area (Å²) in [4.78, 5) is 32.7. The van der Waals surface area contributed by atoms with E-state index in [9.17, 15) is 9.59 Å². The maximum absolute atomic E-state index is 13.5. The number of amides is 2. The van der Waals surface area contributed by atoms with Crippen LogP contribution in [-0.2, 0) is 16.1 Å². The van der Waals surface area contributed by atoms with Gasteiger partial charge in [0.15, 0.2) is 11.5 Å². The maximum atomic E-state index is 13.5. The average molecular weight is 498 g/mol. The zero-order valence-electron chi connectivity index (χ0n) is 20.8. The third kappa shape index (κ3) is 4.97. The van der Waals surface area contributed by atoms with Gasteiger partial charge in [0, 0.05) is 45.2 Å². The first-order valence-corrected chi connectivity index (χ1v) is 12.9. The molecule has 0 radical (unpaired) electrons. The smallest absolute Gasteiger partial charge is 0.247 e. The molecule has 6 rings (SSSR count). The number of hydrogen-bond acceptors (Lipinski definition) is 6. The third-order valence-corrected chi connectivity index (χ3v) is 7.68. The van der Waals surface area contributed by atoms with E-state index in [2.05, 4.69) is 40.1 Å². The number of benzene rings is 3. The minimum absolute atomic E-state index is 0.0485. The zero-order chi connectivity index (χ0) is 25.2. The highest BCUT2D eigenvalue weighted by Gasteiger charge is 2.43. The van der Waals surface area contributed by atoms with E-state index >= 15 is 0 Å². The number of hydrogen-bond donors (Lipinski definition) is 0. The molecule has 2 saturated heterocycles. The molecule has 3 aliphatic rings. The van der Waals surface area contributed by atoms with Crippen molar-refractivity contribution in [1.82, 2.24) is 14.7 Å². The van der Waals surface area contributed by atoms with Crippen molar-refractivity contribution in [2.75, 3.05) is 39.5 Å². The minimum Gasteiger partial charge on any atom is -0.454 e. The van der Waals surface area contributed by atoms with Crippen LogP contribution < -0.4 is 9.47 Å². The fourth-order valence-electron chi connectivity index (χ4n) is 5.63. The Morgan fingerprint density at radius 3 is 2.11 bits per heavy atom. The zero-order valence-corrected chi connectivity index (χ0v) is 20.8. The van der Waals surface area contributed by atoms with Gasteiger partial charge in [0.2, 0.25) is 18.6 Å². The van der Waals surface area contributed by atoms with Crippen LogP contribution in [0.25, 0.3) is 0 Å². The largest absolute Gasteiger partial charge is 0.454 e. The van der Waals surface area contributed by atoms with E-state index in [4.69, 9.17) is 9.47 Å². The number of fused-ring (bicyclic) bond motifs is 1. The molecule has 1 atom stereocenters. The van der Waals surface area contributed by atoms with E-state index in [1.54, 1.807) is 0 Å². The molecule has 0 spiro atoms.